The van der Waals surface area contributed by atoms with Gasteiger partial charge in [-0.2, -0.15) is 0 Å². The van der Waals surface area contributed by atoms with Crippen molar-refractivity contribution in [2.75, 3.05) is 32.8 Å². The zero-order chi connectivity index (χ0) is 36.8. The van der Waals surface area contributed by atoms with Gasteiger partial charge >= 0.3 is 0 Å². The average Bonchev–Trinajstić information content (AvgIpc) is 3.79. The third-order valence-corrected chi connectivity index (χ3v) is 9.26. The Kier molecular flexibility index (Phi) is 10.6. The Hall–Kier alpha value is -5.92. The number of hydrogen-bond acceptors (Lipinski definition) is 10. The Morgan fingerprint density at radius 2 is 1.47 bits per heavy atom. The van der Waals surface area contributed by atoms with Crippen molar-refractivity contribution in [3.63, 3.8) is 0 Å². The molecule has 0 radical (unpaired) electrons. The number of nitrogens with zero attached hydrogens (tertiary/aromatic N) is 4. The number of aliphatic hydroxyl groups is 1. The molecule has 1 aliphatic heterocycles. The number of rotatable bonds is 14. The lowest BCUT2D eigenvalue weighted by molar-refractivity contribution is -0.0954. The topological polar surface area (TPSA) is 139 Å². The van der Waals surface area contributed by atoms with E-state index in [-0.39, 0.29) is 24.9 Å². The maximum Gasteiger partial charge on any atom is 0.256 e. The first-order valence-electron chi connectivity index (χ1n) is 17.0. The van der Waals surface area contributed by atoms with E-state index in [2.05, 4.69) is 26.8 Å². The number of benzene rings is 4. The molecule has 53 heavy (non-hydrogen) atoms. The predicted octanol–water partition coefficient (Wildman–Crippen LogP) is 5.93. The first kappa shape index (κ1) is 35.5. The number of nitrogens with one attached hydrogen (secondary N) is 1. The molecule has 3 heterocycles. The minimum atomic E-state index is -1.14. The van der Waals surface area contributed by atoms with E-state index < -0.39 is 30.1 Å². The van der Waals surface area contributed by atoms with Crippen molar-refractivity contribution < 1.29 is 33.6 Å². The summed E-state index contributed by atoms with van der Waals surface area (Å²) in [5, 5.41) is 14.7. The quantitative estimate of drug-likeness (QED) is 0.103. The molecule has 1 aliphatic rings. The molecule has 0 bridgehead atoms. The molecule has 4 atom stereocenters. The third kappa shape index (κ3) is 7.00. The summed E-state index contributed by atoms with van der Waals surface area (Å²) in [4.78, 5) is 26.3. The highest BCUT2D eigenvalue weighted by Crippen LogP contribution is 2.43. The molecule has 2 aromatic heterocycles. The van der Waals surface area contributed by atoms with E-state index in [0.717, 1.165) is 16.7 Å². The van der Waals surface area contributed by atoms with Crippen LogP contribution in [0.4, 0.5) is 5.82 Å². The van der Waals surface area contributed by atoms with E-state index in [1.807, 2.05) is 84.9 Å². The summed E-state index contributed by atoms with van der Waals surface area (Å²) in [5.41, 5.74) is 2.59. The fourth-order valence-electron chi connectivity index (χ4n) is 6.62. The van der Waals surface area contributed by atoms with E-state index in [1.165, 1.54) is 12.7 Å². The maximum atomic E-state index is 13.0. The summed E-state index contributed by atoms with van der Waals surface area (Å²) in [6.45, 7) is 3.90. The van der Waals surface area contributed by atoms with Crippen molar-refractivity contribution in [2.45, 2.75) is 30.1 Å². The number of hydrogen-bond donors (Lipinski definition) is 2. The fourth-order valence-corrected chi connectivity index (χ4v) is 6.62. The minimum absolute atomic E-state index is 0.0431. The Labute approximate surface area is 306 Å². The van der Waals surface area contributed by atoms with Gasteiger partial charge in [-0.15, -0.1) is 6.58 Å². The molecule has 2 N–H and O–H groups in total. The molecule has 0 spiro atoms. The van der Waals surface area contributed by atoms with Gasteiger partial charge in [0.2, 0.25) is 0 Å². The molecule has 12 nitrogen and oxygen atoms in total. The van der Waals surface area contributed by atoms with Crippen LogP contribution in [0.15, 0.2) is 135 Å². The SMILES string of the molecule is C=CCO[C@@H]1[C@H](O)[C@@H](COC(c2ccccc2)(c2ccc(OC)cc2)c2ccc(OC)cc2)O[C@H]1n1cnc2c(NC(=O)c3ccccc3)ncnc21. The first-order valence-corrected chi connectivity index (χ1v) is 17.0. The van der Waals surface area contributed by atoms with Gasteiger partial charge < -0.3 is 34.1 Å². The van der Waals surface area contributed by atoms with Gasteiger partial charge in [0.25, 0.3) is 5.91 Å². The highest BCUT2D eigenvalue weighted by Gasteiger charge is 2.48. The van der Waals surface area contributed by atoms with Gasteiger partial charge in [0.05, 0.1) is 33.8 Å². The number of carbonyl (C=O) groups excluding carboxylic acids is 1. The lowest BCUT2D eigenvalue weighted by atomic mass is 9.80. The Balaban J connectivity index is 1.24. The first-order chi connectivity index (χ1) is 26.0. The van der Waals surface area contributed by atoms with E-state index in [4.69, 9.17) is 23.7 Å². The molecule has 1 fully saturated rings. The number of aromatic nitrogens is 4. The normalized spacial score (nSPS) is 18.5. The molecular formula is C41H39N5O7. The van der Waals surface area contributed by atoms with Crippen molar-refractivity contribution in [3.8, 4) is 11.5 Å². The minimum Gasteiger partial charge on any atom is -0.497 e. The van der Waals surface area contributed by atoms with Gasteiger partial charge in [-0.3, -0.25) is 9.36 Å². The maximum absolute atomic E-state index is 13.0. The number of methoxy groups -OCH3 is 2. The summed E-state index contributed by atoms with van der Waals surface area (Å²) in [6, 6.07) is 34.1. The van der Waals surface area contributed by atoms with Crippen molar-refractivity contribution in [2.24, 2.45) is 0 Å². The summed E-state index contributed by atoms with van der Waals surface area (Å²) >= 11 is 0. The van der Waals surface area contributed by atoms with Crippen LogP contribution in [-0.2, 0) is 19.8 Å². The lowest BCUT2D eigenvalue weighted by Crippen LogP contribution is -2.40. The summed E-state index contributed by atoms with van der Waals surface area (Å²) in [5.74, 6) is 1.29. The second-order valence-corrected chi connectivity index (χ2v) is 12.3. The van der Waals surface area contributed by atoms with Crippen LogP contribution in [0.25, 0.3) is 11.2 Å². The molecular weight excluding hydrogens is 674 g/mol. The van der Waals surface area contributed by atoms with Crippen LogP contribution >= 0.6 is 0 Å². The standard InChI is InChI=1S/C41H39N5O7/c1-4-23-51-36-35(47)33(53-40(36)46-26-44-34-37(42-25-43-38(34)46)45-39(48)27-11-7-5-8-12-27)24-52-41(28-13-9-6-10-14-28,29-15-19-31(49-2)20-16-29)30-17-21-32(50-3)22-18-30/h4-22,25-26,33,35-36,40,47H,1,23-24H2,2-3H3,(H,42,43,45,48)/t33-,35-,36-,40-/m1/s1. The zero-order valence-corrected chi connectivity index (χ0v) is 29.2. The van der Waals surface area contributed by atoms with E-state index in [1.54, 1.807) is 49.1 Å². The summed E-state index contributed by atoms with van der Waals surface area (Å²) in [7, 11) is 3.24. The number of anilines is 1. The molecule has 270 valence electrons. The summed E-state index contributed by atoms with van der Waals surface area (Å²) < 4.78 is 32.4. The highest BCUT2D eigenvalue weighted by atomic mass is 16.6. The largest absolute Gasteiger partial charge is 0.497 e. The van der Waals surface area contributed by atoms with Crippen LogP contribution in [0.3, 0.4) is 0 Å². The number of carbonyl (C=O) groups is 1. The Morgan fingerprint density at radius 1 is 0.868 bits per heavy atom. The van der Waals surface area contributed by atoms with Gasteiger partial charge in [-0.05, 0) is 53.1 Å². The van der Waals surface area contributed by atoms with Crippen molar-refractivity contribution in [3.05, 3.63) is 157 Å². The van der Waals surface area contributed by atoms with Crippen LogP contribution in [0, 0.1) is 0 Å². The van der Waals surface area contributed by atoms with Crippen molar-refractivity contribution in [1.29, 1.82) is 0 Å². The molecule has 1 amide bonds. The molecule has 12 heteroatoms. The van der Waals surface area contributed by atoms with Gasteiger partial charge in [0.15, 0.2) is 23.2 Å². The molecule has 0 unspecified atom stereocenters. The van der Waals surface area contributed by atoms with Crippen LogP contribution in [-0.4, -0.2) is 76.3 Å². The van der Waals surface area contributed by atoms with Gasteiger partial charge in [-0.25, -0.2) is 15.0 Å². The zero-order valence-electron chi connectivity index (χ0n) is 29.2. The highest BCUT2D eigenvalue weighted by molar-refractivity contribution is 6.06. The summed E-state index contributed by atoms with van der Waals surface area (Å²) in [6.07, 6.45) is 0.763. The number of amides is 1. The molecule has 0 saturated carbocycles. The third-order valence-electron chi connectivity index (χ3n) is 9.26. The van der Waals surface area contributed by atoms with E-state index in [9.17, 15) is 9.90 Å². The van der Waals surface area contributed by atoms with Gasteiger partial charge in [0.1, 0.15) is 41.7 Å². The molecule has 7 rings (SSSR count). The van der Waals surface area contributed by atoms with Crippen LogP contribution in [0.1, 0.15) is 33.3 Å². The smallest absolute Gasteiger partial charge is 0.256 e. The number of ether oxygens (including phenoxy) is 5. The van der Waals surface area contributed by atoms with E-state index in [0.29, 0.717) is 28.2 Å². The number of imidazole rings is 1. The average molecular weight is 714 g/mol. The molecule has 0 aliphatic carbocycles. The van der Waals surface area contributed by atoms with Crippen LogP contribution in [0.5, 0.6) is 11.5 Å². The molecule has 1 saturated heterocycles. The second-order valence-electron chi connectivity index (χ2n) is 12.3. The Morgan fingerprint density at radius 3 is 2.08 bits per heavy atom. The second kappa shape index (κ2) is 15.8. The molecule has 6 aromatic rings. The van der Waals surface area contributed by atoms with E-state index >= 15 is 0 Å². The van der Waals surface area contributed by atoms with Crippen molar-refractivity contribution >= 4 is 22.9 Å². The number of aliphatic hydroxyl groups excluding tert-OH is 1. The van der Waals surface area contributed by atoms with Crippen molar-refractivity contribution in [1.82, 2.24) is 19.5 Å². The predicted molar refractivity (Wildman–Crippen MR) is 198 cm³/mol. The monoisotopic (exact) mass is 713 g/mol. The number of fused-ring (bicyclic) bond motifs is 1. The lowest BCUT2D eigenvalue weighted by Gasteiger charge is -2.37. The Bertz CT molecular complexity index is 2100. The van der Waals surface area contributed by atoms with Gasteiger partial charge in [0, 0.05) is 5.56 Å². The molecule has 4 aromatic carbocycles. The van der Waals surface area contributed by atoms with Gasteiger partial charge in [-0.1, -0.05) is 78.9 Å². The van der Waals surface area contributed by atoms with Crippen LogP contribution < -0.4 is 14.8 Å². The van der Waals surface area contributed by atoms with Crippen LogP contribution in [0.2, 0.25) is 0 Å². The fraction of sp³-hybridized carbons (Fsp3) is 0.220.